The molecule has 0 aromatic carbocycles. The Hall–Kier alpha value is -2.66. The molecule has 0 aliphatic carbocycles. The molecule has 1 heterocycles. The van der Waals surface area contributed by atoms with E-state index in [0.717, 1.165) is 0 Å². The van der Waals surface area contributed by atoms with Gasteiger partial charge in [-0.1, -0.05) is 5.21 Å². The minimum Gasteiger partial charge on any atom is -0.476 e. The highest BCUT2D eigenvalue weighted by Gasteiger charge is 2.41. The van der Waals surface area contributed by atoms with Gasteiger partial charge in [-0.15, -0.1) is 5.10 Å². The van der Waals surface area contributed by atoms with E-state index in [2.05, 4.69) is 16.0 Å². The summed E-state index contributed by atoms with van der Waals surface area (Å²) in [6, 6.07) is -1.16. The van der Waals surface area contributed by atoms with Crippen molar-refractivity contribution in [2.45, 2.75) is 19.1 Å². The lowest BCUT2D eigenvalue weighted by Crippen LogP contribution is -2.35. The van der Waals surface area contributed by atoms with Crippen LogP contribution in [0.25, 0.3) is 0 Å². The van der Waals surface area contributed by atoms with Crippen molar-refractivity contribution in [3.8, 4) is 0 Å². The Bertz CT molecular complexity index is 553. The number of carbonyl (C=O) groups is 3. The quantitative estimate of drug-likeness (QED) is 0.689. The average molecular weight is 295 g/mol. The summed E-state index contributed by atoms with van der Waals surface area (Å²) in [5.41, 5.74) is 1.79. The number of amides is 3. The zero-order valence-corrected chi connectivity index (χ0v) is 9.64. The van der Waals surface area contributed by atoms with Crippen LogP contribution in [0.1, 0.15) is 22.6 Å². The molecule has 20 heavy (non-hydrogen) atoms. The molecule has 0 unspecified atom stereocenters. The number of rotatable bonds is 4. The zero-order chi connectivity index (χ0) is 15.5. The number of primary amides is 1. The number of aryl methyl sites for hydroxylation is 1. The number of nitrogens with two attached hydrogens (primary N) is 1. The van der Waals surface area contributed by atoms with E-state index in [1.807, 2.05) is 0 Å². The fraction of sp³-hybridized carbons (Fsp3) is 0.375. The smallest absolute Gasteiger partial charge is 0.435 e. The van der Waals surface area contributed by atoms with Gasteiger partial charge in [-0.25, -0.2) is 14.3 Å². The third kappa shape index (κ3) is 3.66. The largest absolute Gasteiger partial charge is 0.476 e. The van der Waals surface area contributed by atoms with Crippen LogP contribution in [-0.2, 0) is 17.5 Å². The van der Waals surface area contributed by atoms with Gasteiger partial charge in [0.1, 0.15) is 0 Å². The second kappa shape index (κ2) is 5.54. The Balaban J connectivity index is 2.94. The molecule has 0 saturated heterocycles. The van der Waals surface area contributed by atoms with E-state index in [0.29, 0.717) is 0 Å². The van der Waals surface area contributed by atoms with Crippen molar-refractivity contribution < 1.29 is 32.7 Å². The maximum absolute atomic E-state index is 12.7. The monoisotopic (exact) mass is 295 g/mol. The van der Waals surface area contributed by atoms with Gasteiger partial charge in [-0.05, 0) is 0 Å². The number of carboxylic acids is 1. The molecule has 0 bridgehead atoms. The molecule has 110 valence electrons. The molecule has 1 aromatic heterocycles. The molecule has 12 heteroatoms. The number of carboxylic acid groups (broad SMARTS) is 1. The molecule has 0 aliphatic rings. The fourth-order valence-electron chi connectivity index (χ4n) is 1.30. The van der Waals surface area contributed by atoms with Crippen LogP contribution in [0, 0.1) is 0 Å². The highest BCUT2D eigenvalue weighted by Crippen LogP contribution is 2.31. The van der Waals surface area contributed by atoms with Gasteiger partial charge in [-0.3, -0.25) is 10.1 Å². The third-order valence-electron chi connectivity index (χ3n) is 2.02. The number of nitrogens with zero attached hydrogens (tertiary/aromatic N) is 3. The van der Waals surface area contributed by atoms with E-state index in [9.17, 15) is 27.6 Å². The van der Waals surface area contributed by atoms with Crippen LogP contribution in [0.15, 0.2) is 0 Å². The first-order valence-corrected chi connectivity index (χ1v) is 4.96. The minimum absolute atomic E-state index is 0.226. The SMILES string of the molecule is NC(=O)NC(=O)CCn1nnc(C(=O)O)c1C(F)(F)F. The Morgan fingerprint density at radius 2 is 1.95 bits per heavy atom. The van der Waals surface area contributed by atoms with E-state index < -0.39 is 48.4 Å². The number of hydrogen-bond acceptors (Lipinski definition) is 5. The van der Waals surface area contributed by atoms with Crippen molar-refractivity contribution in [2.75, 3.05) is 0 Å². The van der Waals surface area contributed by atoms with Gasteiger partial charge in [0, 0.05) is 6.42 Å². The summed E-state index contributed by atoms with van der Waals surface area (Å²) in [6.07, 6.45) is -5.56. The van der Waals surface area contributed by atoms with Gasteiger partial charge in [0.15, 0.2) is 5.69 Å². The van der Waals surface area contributed by atoms with Gasteiger partial charge in [0.2, 0.25) is 11.6 Å². The standard InChI is InChI=1S/C8H8F3N5O4/c9-8(10,11)5-4(6(18)19)14-15-16(5)2-1-3(17)13-7(12)20/h1-2H2,(H,18,19)(H3,12,13,17,20). The molecular weight excluding hydrogens is 287 g/mol. The summed E-state index contributed by atoms with van der Waals surface area (Å²) in [7, 11) is 0. The van der Waals surface area contributed by atoms with Crippen LogP contribution >= 0.6 is 0 Å². The van der Waals surface area contributed by atoms with Crippen LogP contribution in [0.3, 0.4) is 0 Å². The maximum Gasteiger partial charge on any atom is 0.435 e. The fourth-order valence-corrected chi connectivity index (χ4v) is 1.30. The molecule has 0 saturated carbocycles. The van der Waals surface area contributed by atoms with Crippen LogP contribution in [0.2, 0.25) is 0 Å². The van der Waals surface area contributed by atoms with Gasteiger partial charge in [0.25, 0.3) is 0 Å². The van der Waals surface area contributed by atoms with E-state index in [-0.39, 0.29) is 4.68 Å². The van der Waals surface area contributed by atoms with Crippen molar-refractivity contribution in [1.82, 2.24) is 20.3 Å². The van der Waals surface area contributed by atoms with Gasteiger partial charge in [-0.2, -0.15) is 13.2 Å². The van der Waals surface area contributed by atoms with Crippen molar-refractivity contribution in [1.29, 1.82) is 0 Å². The van der Waals surface area contributed by atoms with Crippen LogP contribution in [0.4, 0.5) is 18.0 Å². The average Bonchev–Trinajstić information content (AvgIpc) is 2.68. The summed E-state index contributed by atoms with van der Waals surface area (Å²) in [5, 5.41) is 16.1. The van der Waals surface area contributed by atoms with Crippen molar-refractivity contribution in [3.63, 3.8) is 0 Å². The number of carbonyl (C=O) groups excluding carboxylic acids is 2. The molecular formula is C8H8F3N5O4. The molecule has 0 atom stereocenters. The molecule has 1 aromatic rings. The highest BCUT2D eigenvalue weighted by atomic mass is 19.4. The van der Waals surface area contributed by atoms with Gasteiger partial charge < -0.3 is 10.8 Å². The number of alkyl halides is 3. The van der Waals surface area contributed by atoms with Gasteiger partial charge in [0.05, 0.1) is 6.54 Å². The second-order valence-electron chi connectivity index (χ2n) is 3.48. The molecule has 3 amide bonds. The normalized spacial score (nSPS) is 11.2. The number of nitrogens with one attached hydrogen (secondary N) is 1. The lowest BCUT2D eigenvalue weighted by Gasteiger charge is -2.09. The van der Waals surface area contributed by atoms with Crippen LogP contribution in [0.5, 0.6) is 0 Å². The van der Waals surface area contributed by atoms with Crippen LogP contribution in [-0.4, -0.2) is 38.0 Å². The summed E-state index contributed by atoms with van der Waals surface area (Å²) in [5.74, 6) is -2.83. The number of aromatic carboxylic acids is 1. The Morgan fingerprint density at radius 3 is 2.40 bits per heavy atom. The Morgan fingerprint density at radius 1 is 1.35 bits per heavy atom. The number of imide groups is 1. The predicted octanol–water partition coefficient (Wildman–Crippen LogP) is -0.420. The molecule has 4 N–H and O–H groups in total. The van der Waals surface area contributed by atoms with Crippen molar-refractivity contribution in [3.05, 3.63) is 11.4 Å². The zero-order valence-electron chi connectivity index (χ0n) is 9.64. The minimum atomic E-state index is -5.00. The highest BCUT2D eigenvalue weighted by molar-refractivity contribution is 5.93. The molecule has 0 radical (unpaired) electrons. The Labute approximate surface area is 108 Å². The number of halogens is 3. The first-order valence-electron chi connectivity index (χ1n) is 4.96. The van der Waals surface area contributed by atoms with E-state index in [1.54, 1.807) is 5.32 Å². The first kappa shape index (κ1) is 15.4. The van der Waals surface area contributed by atoms with E-state index >= 15 is 0 Å². The number of aromatic nitrogens is 3. The molecule has 0 fully saturated rings. The predicted molar refractivity (Wildman–Crippen MR) is 54.3 cm³/mol. The van der Waals surface area contributed by atoms with E-state index in [1.165, 1.54) is 0 Å². The maximum atomic E-state index is 12.7. The summed E-state index contributed by atoms with van der Waals surface area (Å²) < 4.78 is 38.3. The lowest BCUT2D eigenvalue weighted by molar-refractivity contribution is -0.145. The topological polar surface area (TPSA) is 140 Å². The summed E-state index contributed by atoms with van der Waals surface area (Å²) in [6.45, 7) is -0.617. The first-order chi connectivity index (χ1) is 9.12. The lowest BCUT2D eigenvalue weighted by atomic mass is 10.3. The third-order valence-corrected chi connectivity index (χ3v) is 2.02. The molecule has 9 nitrogen and oxygen atoms in total. The Kier molecular flexibility index (Phi) is 4.27. The van der Waals surface area contributed by atoms with Crippen LogP contribution < -0.4 is 11.1 Å². The van der Waals surface area contributed by atoms with Gasteiger partial charge >= 0.3 is 18.2 Å². The summed E-state index contributed by atoms with van der Waals surface area (Å²) in [4.78, 5) is 32.0. The molecule has 0 spiro atoms. The molecule has 1 rings (SSSR count). The van der Waals surface area contributed by atoms with Crippen molar-refractivity contribution in [2.24, 2.45) is 5.73 Å². The second-order valence-corrected chi connectivity index (χ2v) is 3.48. The molecule has 0 aliphatic heterocycles. The van der Waals surface area contributed by atoms with E-state index in [4.69, 9.17) is 5.11 Å². The number of hydrogen-bond donors (Lipinski definition) is 3. The van der Waals surface area contributed by atoms with Crippen molar-refractivity contribution >= 4 is 17.9 Å². The number of urea groups is 1. The summed E-state index contributed by atoms with van der Waals surface area (Å²) >= 11 is 0.